The average Bonchev–Trinajstić information content (AvgIpc) is 3.04. The van der Waals surface area contributed by atoms with Crippen molar-refractivity contribution in [1.29, 1.82) is 0 Å². The third-order valence-corrected chi connectivity index (χ3v) is 7.93. The third kappa shape index (κ3) is 1.78. The van der Waals surface area contributed by atoms with Crippen LogP contribution in [0.15, 0.2) is 72.8 Å². The molecule has 2 atom stereocenters. The first-order valence-electron chi connectivity index (χ1n) is 10.5. The number of benzene rings is 3. The van der Waals surface area contributed by atoms with Gasteiger partial charge >= 0.3 is 0 Å². The van der Waals surface area contributed by atoms with E-state index in [-0.39, 0.29) is 11.8 Å². The number of carbonyl (C=O) groups excluding carboxylic acids is 2. The molecule has 0 unspecified atom stereocenters. The van der Waals surface area contributed by atoms with Gasteiger partial charge in [0.25, 0.3) is 0 Å². The minimum atomic E-state index is -0.526. The van der Waals surface area contributed by atoms with E-state index in [9.17, 15) is 9.59 Å². The highest BCUT2D eigenvalue weighted by molar-refractivity contribution is 6.24. The van der Waals surface area contributed by atoms with Crippen molar-refractivity contribution in [1.82, 2.24) is 0 Å². The molecule has 0 saturated carbocycles. The van der Waals surface area contributed by atoms with Gasteiger partial charge in [-0.15, -0.1) is 0 Å². The fourth-order valence-electron chi connectivity index (χ4n) is 6.52. The predicted molar refractivity (Wildman–Crippen MR) is 116 cm³/mol. The molecule has 2 bridgehead atoms. The fraction of sp³-hybridized carbons (Fsp3) is 0.259. The van der Waals surface area contributed by atoms with Crippen LogP contribution in [-0.2, 0) is 20.4 Å². The van der Waals surface area contributed by atoms with Crippen molar-refractivity contribution in [3.8, 4) is 0 Å². The van der Waals surface area contributed by atoms with Crippen molar-refractivity contribution in [2.45, 2.75) is 31.6 Å². The number of nitrogens with zero attached hydrogens (tertiary/aromatic N) is 1. The van der Waals surface area contributed by atoms with E-state index in [1.807, 2.05) is 55.5 Å². The quantitative estimate of drug-likeness (QED) is 0.560. The van der Waals surface area contributed by atoms with Crippen molar-refractivity contribution in [3.05, 3.63) is 101 Å². The van der Waals surface area contributed by atoms with Crippen molar-refractivity contribution in [3.63, 3.8) is 0 Å². The Morgan fingerprint density at radius 1 is 0.633 bits per heavy atom. The predicted octanol–water partition coefficient (Wildman–Crippen LogP) is 4.74. The molecule has 0 radical (unpaired) electrons. The Labute approximate surface area is 176 Å². The van der Waals surface area contributed by atoms with E-state index in [0.717, 1.165) is 5.56 Å². The molecular formula is C27H23NO2. The van der Waals surface area contributed by atoms with Gasteiger partial charge in [0.1, 0.15) is 0 Å². The van der Waals surface area contributed by atoms with Crippen LogP contribution in [0.4, 0.5) is 5.69 Å². The van der Waals surface area contributed by atoms with E-state index in [1.54, 1.807) is 0 Å². The number of carbonyl (C=O) groups is 2. The molecule has 3 aromatic rings. The van der Waals surface area contributed by atoms with Gasteiger partial charge in [0.05, 0.1) is 17.5 Å². The largest absolute Gasteiger partial charge is 0.274 e. The number of aryl methyl sites for hydroxylation is 1. The number of hydrogen-bond acceptors (Lipinski definition) is 2. The zero-order valence-corrected chi connectivity index (χ0v) is 17.3. The van der Waals surface area contributed by atoms with Gasteiger partial charge in [0.15, 0.2) is 0 Å². The van der Waals surface area contributed by atoms with Gasteiger partial charge in [-0.3, -0.25) is 9.59 Å². The van der Waals surface area contributed by atoms with Gasteiger partial charge in [-0.25, -0.2) is 4.90 Å². The zero-order valence-electron chi connectivity index (χ0n) is 17.3. The SMILES string of the molecule is Cc1ccc(N2C(=O)[C@@H]3[C@H](C2=O)C2(C)c4ccccc4C3(C)c3ccccc32)cc1. The molecule has 1 fully saturated rings. The van der Waals surface area contributed by atoms with Gasteiger partial charge < -0.3 is 0 Å². The molecule has 1 aliphatic heterocycles. The second kappa shape index (κ2) is 5.48. The van der Waals surface area contributed by atoms with Crippen molar-refractivity contribution in [2.75, 3.05) is 4.90 Å². The minimum Gasteiger partial charge on any atom is -0.274 e. The summed E-state index contributed by atoms with van der Waals surface area (Å²) in [6, 6.07) is 24.4. The standard InChI is InChI=1S/C27H23NO2/c1-16-12-14-17(15-13-16)28-24(29)22-23(25(28)30)27(3)20-10-6-4-8-18(20)26(22,2)19-9-5-7-11-21(19)27/h4-15,22-23H,1-3H3/t22-,23+,26?,27?. The van der Waals surface area contributed by atoms with Crippen molar-refractivity contribution >= 4 is 17.5 Å². The van der Waals surface area contributed by atoms with Crippen LogP contribution in [0, 0.1) is 18.8 Å². The van der Waals surface area contributed by atoms with Crippen LogP contribution < -0.4 is 4.90 Å². The maximum atomic E-state index is 13.9. The molecule has 0 spiro atoms. The van der Waals surface area contributed by atoms with Gasteiger partial charge in [-0.2, -0.15) is 0 Å². The third-order valence-electron chi connectivity index (χ3n) is 7.93. The number of amides is 2. The van der Waals surface area contributed by atoms with Gasteiger partial charge in [0, 0.05) is 10.8 Å². The lowest BCUT2D eigenvalue weighted by atomic mass is 9.42. The van der Waals surface area contributed by atoms with Crippen molar-refractivity contribution in [2.24, 2.45) is 11.8 Å². The van der Waals surface area contributed by atoms with Crippen molar-refractivity contribution < 1.29 is 9.59 Å². The fourth-order valence-corrected chi connectivity index (χ4v) is 6.52. The molecule has 1 saturated heterocycles. The molecule has 3 nitrogen and oxygen atoms in total. The summed E-state index contributed by atoms with van der Waals surface area (Å²) in [6.07, 6.45) is 0. The van der Waals surface area contributed by atoms with E-state index < -0.39 is 22.7 Å². The van der Waals surface area contributed by atoms with E-state index in [0.29, 0.717) is 5.69 Å². The maximum absolute atomic E-state index is 13.9. The lowest BCUT2D eigenvalue weighted by molar-refractivity contribution is -0.124. The molecular weight excluding hydrogens is 370 g/mol. The van der Waals surface area contributed by atoms with Gasteiger partial charge in [0.2, 0.25) is 11.8 Å². The minimum absolute atomic E-state index is 0.0772. The summed E-state index contributed by atoms with van der Waals surface area (Å²) < 4.78 is 0. The lowest BCUT2D eigenvalue weighted by Gasteiger charge is -2.57. The highest BCUT2D eigenvalue weighted by Crippen LogP contribution is 2.66. The first kappa shape index (κ1) is 17.6. The first-order valence-corrected chi connectivity index (χ1v) is 10.5. The summed E-state index contributed by atoms with van der Waals surface area (Å²) in [5.74, 6) is -0.958. The molecule has 148 valence electrons. The van der Waals surface area contributed by atoms with E-state index >= 15 is 0 Å². The molecule has 3 aromatic carbocycles. The summed E-state index contributed by atoms with van der Waals surface area (Å²) in [5, 5.41) is 0. The Hall–Kier alpha value is -3.20. The van der Waals surface area contributed by atoms with E-state index in [1.165, 1.54) is 27.2 Å². The van der Waals surface area contributed by atoms with Crippen LogP contribution in [0.1, 0.15) is 41.7 Å². The summed E-state index contributed by atoms with van der Waals surface area (Å²) in [7, 11) is 0. The Kier molecular flexibility index (Phi) is 3.22. The second-order valence-corrected chi connectivity index (χ2v) is 9.30. The molecule has 2 amide bonds. The van der Waals surface area contributed by atoms with E-state index in [4.69, 9.17) is 0 Å². The number of anilines is 1. The highest BCUT2D eigenvalue weighted by atomic mass is 16.2. The Morgan fingerprint density at radius 3 is 1.37 bits per heavy atom. The zero-order chi connectivity index (χ0) is 20.8. The van der Waals surface area contributed by atoms with Crippen LogP contribution in [0.2, 0.25) is 0 Å². The molecule has 3 aliphatic carbocycles. The Bertz CT molecular complexity index is 1120. The van der Waals surface area contributed by atoms with Crippen LogP contribution in [-0.4, -0.2) is 11.8 Å². The number of rotatable bonds is 1. The Morgan fingerprint density at radius 2 is 1.00 bits per heavy atom. The van der Waals surface area contributed by atoms with Gasteiger partial charge in [-0.05, 0) is 41.3 Å². The monoisotopic (exact) mass is 393 g/mol. The van der Waals surface area contributed by atoms with Crippen LogP contribution in [0.5, 0.6) is 0 Å². The molecule has 4 aliphatic rings. The molecule has 7 rings (SSSR count). The lowest BCUT2D eigenvalue weighted by Crippen LogP contribution is -2.59. The Balaban J connectivity index is 1.66. The molecule has 3 heteroatoms. The highest BCUT2D eigenvalue weighted by Gasteiger charge is 2.70. The summed E-state index contributed by atoms with van der Waals surface area (Å²) in [6.45, 7) is 6.32. The number of hydrogen-bond donors (Lipinski definition) is 0. The first-order chi connectivity index (χ1) is 14.4. The van der Waals surface area contributed by atoms with E-state index in [2.05, 4.69) is 38.1 Å². The molecule has 0 aromatic heterocycles. The summed E-state index contributed by atoms with van der Waals surface area (Å²) in [5.41, 5.74) is 5.44. The normalized spacial score (nSPS) is 30.8. The van der Waals surface area contributed by atoms with Crippen LogP contribution in [0.25, 0.3) is 0 Å². The number of imide groups is 1. The van der Waals surface area contributed by atoms with Gasteiger partial charge in [-0.1, -0.05) is 80.1 Å². The topological polar surface area (TPSA) is 37.4 Å². The molecule has 0 N–H and O–H groups in total. The van der Waals surface area contributed by atoms with Crippen LogP contribution >= 0.6 is 0 Å². The molecule has 1 heterocycles. The summed E-state index contributed by atoms with van der Waals surface area (Å²) >= 11 is 0. The smallest absolute Gasteiger partial charge is 0.238 e. The summed E-state index contributed by atoms with van der Waals surface area (Å²) in [4.78, 5) is 29.2. The molecule has 30 heavy (non-hydrogen) atoms. The maximum Gasteiger partial charge on any atom is 0.238 e. The second-order valence-electron chi connectivity index (χ2n) is 9.30. The average molecular weight is 393 g/mol. The van der Waals surface area contributed by atoms with Crippen LogP contribution in [0.3, 0.4) is 0 Å².